The van der Waals surface area contributed by atoms with Gasteiger partial charge in [-0.25, -0.2) is 4.39 Å². The average Bonchev–Trinajstić information content (AvgIpc) is 2.63. The Balaban J connectivity index is 2.29. The van der Waals surface area contributed by atoms with Crippen LogP contribution in [0.4, 0.5) is 17.6 Å². The molecule has 0 aromatic heterocycles. The van der Waals surface area contributed by atoms with E-state index in [4.69, 9.17) is 0 Å². The fraction of sp³-hybridized carbons (Fsp3) is 0.364. The molecular weight excluding hydrogens is 238 g/mol. The van der Waals surface area contributed by atoms with Gasteiger partial charge in [-0.1, -0.05) is 6.07 Å². The molecule has 2 rings (SSSR count). The van der Waals surface area contributed by atoms with Gasteiger partial charge in [-0.15, -0.1) is 0 Å². The highest BCUT2D eigenvalue weighted by Gasteiger charge is 2.32. The summed E-state index contributed by atoms with van der Waals surface area (Å²) in [6, 6.07) is 2.41. The average molecular weight is 247 g/mol. The van der Waals surface area contributed by atoms with Crippen LogP contribution in [0.1, 0.15) is 23.5 Å². The first-order valence-electron chi connectivity index (χ1n) is 5.01. The number of benzene rings is 1. The summed E-state index contributed by atoms with van der Waals surface area (Å²) >= 11 is 0. The maximum atomic E-state index is 13.5. The van der Waals surface area contributed by atoms with E-state index in [1.165, 1.54) is 0 Å². The first-order chi connectivity index (χ1) is 7.88. The second kappa shape index (κ2) is 4.01. The minimum atomic E-state index is -4.55. The summed E-state index contributed by atoms with van der Waals surface area (Å²) in [4.78, 5) is 11.0. The minimum absolute atomic E-state index is 0.113. The molecule has 1 fully saturated rings. The van der Waals surface area contributed by atoms with Crippen molar-refractivity contribution in [3.8, 4) is 0 Å². The molecule has 1 unspecified atom stereocenters. The van der Waals surface area contributed by atoms with E-state index in [9.17, 15) is 22.4 Å². The van der Waals surface area contributed by atoms with Crippen LogP contribution in [-0.2, 0) is 11.0 Å². The van der Waals surface area contributed by atoms with Gasteiger partial charge in [-0.3, -0.25) is 4.79 Å². The standard InChI is InChI=1S/C11H9F4NO/c12-9-4-7(11(13,14)15)1-2-8(9)6-3-10(17)16-5-6/h1-2,4,6H,3,5H2,(H,16,17). The van der Waals surface area contributed by atoms with Crippen LogP contribution in [0.2, 0.25) is 0 Å². The van der Waals surface area contributed by atoms with Crippen molar-refractivity contribution in [3.05, 3.63) is 35.1 Å². The Morgan fingerprint density at radius 2 is 2.00 bits per heavy atom. The zero-order chi connectivity index (χ0) is 12.6. The van der Waals surface area contributed by atoms with E-state index in [1.807, 2.05) is 0 Å². The van der Waals surface area contributed by atoms with Gasteiger partial charge in [0.1, 0.15) is 5.82 Å². The zero-order valence-electron chi connectivity index (χ0n) is 8.64. The molecule has 1 aliphatic heterocycles. The number of halogens is 4. The van der Waals surface area contributed by atoms with Crippen molar-refractivity contribution in [2.75, 3.05) is 6.54 Å². The maximum Gasteiger partial charge on any atom is 0.416 e. The summed E-state index contributed by atoms with van der Waals surface area (Å²) < 4.78 is 50.4. The molecule has 1 N–H and O–H groups in total. The van der Waals surface area contributed by atoms with Crippen molar-refractivity contribution >= 4 is 5.91 Å². The molecule has 1 amide bonds. The summed E-state index contributed by atoms with van der Waals surface area (Å²) in [5.41, 5.74) is -0.868. The van der Waals surface area contributed by atoms with Crippen molar-refractivity contribution in [1.29, 1.82) is 0 Å². The summed E-state index contributed by atoms with van der Waals surface area (Å²) in [6.07, 6.45) is -4.44. The second-order valence-corrected chi connectivity index (χ2v) is 3.94. The van der Waals surface area contributed by atoms with E-state index in [1.54, 1.807) is 0 Å². The predicted molar refractivity (Wildman–Crippen MR) is 51.8 cm³/mol. The van der Waals surface area contributed by atoms with Gasteiger partial charge in [-0.2, -0.15) is 13.2 Å². The van der Waals surface area contributed by atoms with Crippen LogP contribution in [-0.4, -0.2) is 12.5 Å². The lowest BCUT2D eigenvalue weighted by molar-refractivity contribution is -0.137. The molecule has 0 aliphatic carbocycles. The van der Waals surface area contributed by atoms with Gasteiger partial charge in [0.25, 0.3) is 0 Å². The highest BCUT2D eigenvalue weighted by molar-refractivity contribution is 5.79. The van der Waals surface area contributed by atoms with Gasteiger partial charge in [0.2, 0.25) is 5.91 Å². The Kier molecular flexibility index (Phi) is 2.81. The van der Waals surface area contributed by atoms with E-state index >= 15 is 0 Å². The highest BCUT2D eigenvalue weighted by atomic mass is 19.4. The molecule has 1 aliphatic rings. The second-order valence-electron chi connectivity index (χ2n) is 3.94. The SMILES string of the molecule is O=C1CC(c2ccc(C(F)(F)F)cc2F)CN1. The first-order valence-corrected chi connectivity index (χ1v) is 5.01. The summed E-state index contributed by atoms with van der Waals surface area (Å²) in [5, 5.41) is 2.51. The Labute approximate surface area is 94.6 Å². The van der Waals surface area contributed by atoms with Crippen LogP contribution in [0.5, 0.6) is 0 Å². The zero-order valence-corrected chi connectivity index (χ0v) is 8.64. The van der Waals surface area contributed by atoms with E-state index in [0.717, 1.165) is 12.1 Å². The Hall–Kier alpha value is -1.59. The van der Waals surface area contributed by atoms with Gasteiger partial charge < -0.3 is 5.32 Å². The van der Waals surface area contributed by atoms with E-state index in [-0.39, 0.29) is 30.4 Å². The van der Waals surface area contributed by atoms with Crippen molar-refractivity contribution in [2.45, 2.75) is 18.5 Å². The van der Waals surface area contributed by atoms with Gasteiger partial charge in [0.05, 0.1) is 5.56 Å². The molecule has 1 heterocycles. The van der Waals surface area contributed by atoms with Crippen molar-refractivity contribution < 1.29 is 22.4 Å². The summed E-state index contributed by atoms with van der Waals surface area (Å²) in [7, 11) is 0. The smallest absolute Gasteiger partial charge is 0.355 e. The van der Waals surface area contributed by atoms with Crippen LogP contribution in [0.15, 0.2) is 18.2 Å². The van der Waals surface area contributed by atoms with Crippen LogP contribution in [0, 0.1) is 5.82 Å². The Morgan fingerprint density at radius 1 is 1.29 bits per heavy atom. The summed E-state index contributed by atoms with van der Waals surface area (Å²) in [5.74, 6) is -1.51. The molecule has 92 valence electrons. The van der Waals surface area contributed by atoms with Crippen LogP contribution >= 0.6 is 0 Å². The van der Waals surface area contributed by atoms with Crippen molar-refractivity contribution in [3.63, 3.8) is 0 Å². The third-order valence-electron chi connectivity index (χ3n) is 2.75. The van der Waals surface area contributed by atoms with Gasteiger partial charge in [0, 0.05) is 18.9 Å². The number of carbonyl (C=O) groups excluding carboxylic acids is 1. The molecule has 1 aromatic rings. The largest absolute Gasteiger partial charge is 0.416 e. The molecule has 17 heavy (non-hydrogen) atoms. The number of hydrogen-bond donors (Lipinski definition) is 1. The van der Waals surface area contributed by atoms with Crippen LogP contribution in [0.25, 0.3) is 0 Å². The van der Waals surface area contributed by atoms with Crippen molar-refractivity contribution in [1.82, 2.24) is 5.32 Å². The molecule has 0 radical (unpaired) electrons. The number of alkyl halides is 3. The third-order valence-corrected chi connectivity index (χ3v) is 2.75. The highest BCUT2D eigenvalue weighted by Crippen LogP contribution is 2.33. The maximum absolute atomic E-state index is 13.5. The molecule has 0 saturated carbocycles. The number of nitrogens with one attached hydrogen (secondary N) is 1. The molecule has 1 atom stereocenters. The Bertz CT molecular complexity index is 455. The lowest BCUT2D eigenvalue weighted by Crippen LogP contribution is -2.14. The number of carbonyl (C=O) groups is 1. The monoisotopic (exact) mass is 247 g/mol. The van der Waals surface area contributed by atoms with Gasteiger partial charge >= 0.3 is 6.18 Å². The molecule has 1 saturated heterocycles. The van der Waals surface area contributed by atoms with Crippen LogP contribution in [0.3, 0.4) is 0 Å². The minimum Gasteiger partial charge on any atom is -0.355 e. The third kappa shape index (κ3) is 2.40. The number of amides is 1. The normalized spacial score (nSPS) is 20.5. The van der Waals surface area contributed by atoms with Crippen LogP contribution < -0.4 is 5.32 Å². The topological polar surface area (TPSA) is 29.1 Å². The molecule has 2 nitrogen and oxygen atoms in total. The molecule has 0 spiro atoms. The van der Waals surface area contributed by atoms with E-state index in [0.29, 0.717) is 6.07 Å². The van der Waals surface area contributed by atoms with Gasteiger partial charge in [0.15, 0.2) is 0 Å². The Morgan fingerprint density at radius 3 is 2.47 bits per heavy atom. The lowest BCUT2D eigenvalue weighted by atomic mass is 9.96. The fourth-order valence-corrected chi connectivity index (χ4v) is 1.86. The number of rotatable bonds is 1. The summed E-state index contributed by atoms with van der Waals surface area (Å²) in [6.45, 7) is 0.265. The van der Waals surface area contributed by atoms with E-state index in [2.05, 4.69) is 5.32 Å². The fourth-order valence-electron chi connectivity index (χ4n) is 1.86. The molecule has 6 heteroatoms. The molecular formula is C11H9F4NO. The van der Waals surface area contributed by atoms with E-state index < -0.39 is 17.6 Å². The number of hydrogen-bond acceptors (Lipinski definition) is 1. The molecule has 0 bridgehead atoms. The predicted octanol–water partition coefficient (Wildman–Crippen LogP) is 2.45. The molecule has 1 aromatic carbocycles. The van der Waals surface area contributed by atoms with Crippen molar-refractivity contribution in [2.24, 2.45) is 0 Å². The quantitative estimate of drug-likeness (QED) is 0.759. The lowest BCUT2D eigenvalue weighted by Gasteiger charge is -2.12. The van der Waals surface area contributed by atoms with Gasteiger partial charge in [-0.05, 0) is 17.7 Å². The first kappa shape index (κ1) is 11.9.